The Kier molecular flexibility index (Phi) is 2.94. The number of hydrogen-bond donors (Lipinski definition) is 2. The average Bonchev–Trinajstić information content (AvgIpc) is 2.81. The van der Waals surface area contributed by atoms with Gasteiger partial charge in [-0.25, -0.2) is 0 Å². The van der Waals surface area contributed by atoms with Gasteiger partial charge in [0.25, 0.3) is 0 Å². The Morgan fingerprint density at radius 3 is 2.85 bits per heavy atom. The van der Waals surface area contributed by atoms with E-state index in [-0.39, 0.29) is 5.88 Å². The van der Waals surface area contributed by atoms with Crippen LogP contribution in [0.2, 0.25) is 0 Å². The molecule has 0 bridgehead atoms. The summed E-state index contributed by atoms with van der Waals surface area (Å²) in [6.07, 6.45) is 1.60. The first-order chi connectivity index (χ1) is 9.78. The molecular weight excluding hydrogens is 250 g/mol. The highest BCUT2D eigenvalue weighted by atomic mass is 16.3. The maximum atomic E-state index is 9.91. The van der Waals surface area contributed by atoms with Crippen molar-refractivity contribution >= 4 is 22.8 Å². The number of nitrogens with one attached hydrogen (secondary N) is 1. The van der Waals surface area contributed by atoms with E-state index in [2.05, 4.69) is 16.0 Å². The normalized spacial score (nSPS) is 10.9. The van der Waals surface area contributed by atoms with Gasteiger partial charge in [-0.2, -0.15) is 5.26 Å². The number of aliphatic imine (C=N–C) groups is 1. The van der Waals surface area contributed by atoms with Crippen LogP contribution in [0.25, 0.3) is 10.9 Å². The van der Waals surface area contributed by atoms with E-state index in [9.17, 15) is 5.11 Å². The molecule has 0 radical (unpaired) electrons. The molecule has 2 aromatic carbocycles. The number of hydrogen-bond acceptors (Lipinski definition) is 3. The van der Waals surface area contributed by atoms with Gasteiger partial charge >= 0.3 is 0 Å². The second-order valence-electron chi connectivity index (χ2n) is 4.35. The molecule has 0 fully saturated rings. The Balaban J connectivity index is 2.02. The van der Waals surface area contributed by atoms with Crippen LogP contribution in [0.3, 0.4) is 0 Å². The van der Waals surface area contributed by atoms with Crippen molar-refractivity contribution < 1.29 is 5.11 Å². The van der Waals surface area contributed by atoms with Crippen LogP contribution in [0, 0.1) is 11.3 Å². The van der Waals surface area contributed by atoms with Gasteiger partial charge in [0, 0.05) is 17.1 Å². The molecule has 0 amide bonds. The summed E-state index contributed by atoms with van der Waals surface area (Å²) in [4.78, 5) is 7.21. The van der Waals surface area contributed by atoms with E-state index in [1.54, 1.807) is 24.4 Å². The molecule has 3 aromatic rings. The van der Waals surface area contributed by atoms with E-state index < -0.39 is 0 Å². The van der Waals surface area contributed by atoms with Gasteiger partial charge in [-0.3, -0.25) is 4.99 Å². The van der Waals surface area contributed by atoms with Gasteiger partial charge in [-0.1, -0.05) is 24.3 Å². The molecule has 4 nitrogen and oxygen atoms in total. The summed E-state index contributed by atoms with van der Waals surface area (Å²) >= 11 is 0. The molecule has 0 aliphatic rings. The lowest BCUT2D eigenvalue weighted by Gasteiger charge is -1.95. The van der Waals surface area contributed by atoms with Crippen molar-refractivity contribution in [1.82, 2.24) is 4.98 Å². The molecule has 0 aliphatic heterocycles. The molecule has 0 saturated carbocycles. The second kappa shape index (κ2) is 4.90. The third-order valence-corrected chi connectivity index (χ3v) is 3.04. The molecule has 1 heterocycles. The quantitative estimate of drug-likeness (QED) is 0.693. The van der Waals surface area contributed by atoms with E-state index in [1.807, 2.05) is 30.3 Å². The van der Waals surface area contributed by atoms with Crippen LogP contribution in [0.15, 0.2) is 53.5 Å². The Morgan fingerprint density at radius 1 is 1.15 bits per heavy atom. The van der Waals surface area contributed by atoms with E-state index in [4.69, 9.17) is 5.26 Å². The molecule has 3 rings (SSSR count). The summed E-state index contributed by atoms with van der Waals surface area (Å²) in [5.74, 6) is 0.0892. The Bertz CT molecular complexity index is 840. The number of rotatable bonds is 2. The molecule has 0 aliphatic carbocycles. The number of aromatic amines is 1. The van der Waals surface area contributed by atoms with Gasteiger partial charge in [0.15, 0.2) is 5.88 Å². The van der Waals surface area contributed by atoms with Crippen molar-refractivity contribution in [2.75, 3.05) is 0 Å². The van der Waals surface area contributed by atoms with Crippen LogP contribution in [-0.2, 0) is 0 Å². The van der Waals surface area contributed by atoms with Gasteiger partial charge < -0.3 is 10.1 Å². The zero-order chi connectivity index (χ0) is 13.9. The van der Waals surface area contributed by atoms with E-state index in [0.29, 0.717) is 16.8 Å². The monoisotopic (exact) mass is 261 g/mol. The van der Waals surface area contributed by atoms with E-state index in [1.165, 1.54) is 0 Å². The lowest BCUT2D eigenvalue weighted by molar-refractivity contribution is 0.457. The number of benzene rings is 2. The smallest absolute Gasteiger partial charge is 0.198 e. The maximum absolute atomic E-state index is 9.91. The summed E-state index contributed by atoms with van der Waals surface area (Å²) in [6.45, 7) is 0. The predicted molar refractivity (Wildman–Crippen MR) is 78.4 cm³/mol. The molecule has 2 N–H and O–H groups in total. The van der Waals surface area contributed by atoms with E-state index >= 15 is 0 Å². The van der Waals surface area contributed by atoms with Crippen LogP contribution in [-0.4, -0.2) is 16.3 Å². The summed E-state index contributed by atoms with van der Waals surface area (Å²) in [5, 5.41) is 19.7. The number of nitriles is 1. The topological polar surface area (TPSA) is 72.2 Å². The zero-order valence-electron chi connectivity index (χ0n) is 10.5. The molecule has 1 aromatic heterocycles. The van der Waals surface area contributed by atoms with Gasteiger partial charge in [0.05, 0.1) is 22.9 Å². The number of nitrogens with zero attached hydrogens (tertiary/aromatic N) is 2. The fraction of sp³-hybridized carbons (Fsp3) is 0. The highest BCUT2D eigenvalue weighted by molar-refractivity contribution is 6.02. The molecule has 0 spiro atoms. The summed E-state index contributed by atoms with van der Waals surface area (Å²) in [5.41, 5.74) is 2.73. The van der Waals surface area contributed by atoms with Crippen molar-refractivity contribution in [2.45, 2.75) is 0 Å². The number of aromatic hydroxyl groups is 1. The van der Waals surface area contributed by atoms with Crippen molar-refractivity contribution in [3.8, 4) is 11.9 Å². The minimum Gasteiger partial charge on any atom is -0.494 e. The lowest BCUT2D eigenvalue weighted by atomic mass is 10.2. The van der Waals surface area contributed by atoms with Crippen LogP contribution < -0.4 is 0 Å². The van der Waals surface area contributed by atoms with Crippen molar-refractivity contribution in [1.29, 1.82) is 5.26 Å². The maximum Gasteiger partial charge on any atom is 0.198 e. The summed E-state index contributed by atoms with van der Waals surface area (Å²) in [7, 11) is 0. The molecule has 20 heavy (non-hydrogen) atoms. The second-order valence-corrected chi connectivity index (χ2v) is 4.35. The van der Waals surface area contributed by atoms with Gasteiger partial charge in [0.2, 0.25) is 0 Å². The number of aromatic nitrogens is 1. The first-order valence-electron chi connectivity index (χ1n) is 6.12. The summed E-state index contributed by atoms with van der Waals surface area (Å²) in [6, 6.07) is 16.7. The van der Waals surface area contributed by atoms with E-state index in [0.717, 1.165) is 10.9 Å². The minimum absolute atomic E-state index is 0.0892. The Morgan fingerprint density at radius 2 is 2.00 bits per heavy atom. The first-order valence-corrected chi connectivity index (χ1v) is 6.12. The van der Waals surface area contributed by atoms with Crippen molar-refractivity contribution in [2.24, 2.45) is 4.99 Å². The zero-order valence-corrected chi connectivity index (χ0v) is 10.5. The molecule has 4 heteroatoms. The van der Waals surface area contributed by atoms with Gasteiger partial charge in [-0.15, -0.1) is 0 Å². The third-order valence-electron chi connectivity index (χ3n) is 3.04. The fourth-order valence-electron chi connectivity index (χ4n) is 2.07. The van der Waals surface area contributed by atoms with Gasteiger partial charge in [0.1, 0.15) is 0 Å². The molecular formula is C16H11N3O. The molecule has 96 valence electrons. The van der Waals surface area contributed by atoms with Crippen molar-refractivity contribution in [3.63, 3.8) is 0 Å². The highest BCUT2D eigenvalue weighted by Crippen LogP contribution is 2.26. The first kappa shape index (κ1) is 12.0. The Hall–Kier alpha value is -3.06. The molecule has 0 atom stereocenters. The van der Waals surface area contributed by atoms with Crippen molar-refractivity contribution in [3.05, 3.63) is 59.7 Å². The van der Waals surface area contributed by atoms with Crippen LogP contribution in [0.4, 0.5) is 5.69 Å². The lowest BCUT2D eigenvalue weighted by Crippen LogP contribution is -1.79. The predicted octanol–water partition coefficient (Wildman–Crippen LogP) is 3.50. The number of H-pyrrole nitrogens is 1. The fourth-order valence-corrected chi connectivity index (χ4v) is 2.07. The highest BCUT2D eigenvalue weighted by Gasteiger charge is 2.07. The number of para-hydroxylation sites is 1. The van der Waals surface area contributed by atoms with Crippen LogP contribution in [0.5, 0.6) is 5.88 Å². The average molecular weight is 261 g/mol. The standard InChI is InChI=1S/C16H11N3O/c17-9-11-4-3-5-12(8-11)18-10-14-13-6-1-2-7-15(13)19-16(14)20/h1-8,10,19-20H. The molecule has 0 saturated heterocycles. The van der Waals surface area contributed by atoms with Crippen LogP contribution >= 0.6 is 0 Å². The van der Waals surface area contributed by atoms with Gasteiger partial charge in [-0.05, 0) is 24.3 Å². The largest absolute Gasteiger partial charge is 0.494 e. The SMILES string of the molecule is N#Cc1cccc(N=Cc2c(O)[nH]c3ccccc23)c1. The van der Waals surface area contributed by atoms with Crippen LogP contribution in [0.1, 0.15) is 11.1 Å². The molecule has 0 unspecified atom stereocenters. The third kappa shape index (κ3) is 2.13. The number of fused-ring (bicyclic) bond motifs is 1. The Labute approximate surface area is 115 Å². The minimum atomic E-state index is 0.0892. The summed E-state index contributed by atoms with van der Waals surface area (Å²) < 4.78 is 0.